The summed E-state index contributed by atoms with van der Waals surface area (Å²) in [7, 11) is 0. The Bertz CT molecular complexity index is 1850. The molecule has 0 bridgehead atoms. The first-order chi connectivity index (χ1) is 20.9. The first-order valence-electron chi connectivity index (χ1n) is 14.6. The van der Waals surface area contributed by atoms with Crippen LogP contribution in [0.4, 0.5) is 10.6 Å². The first-order valence-corrected chi connectivity index (χ1v) is 15.4. The summed E-state index contributed by atoms with van der Waals surface area (Å²) in [5.41, 5.74) is 2.38. The molecule has 1 aromatic carbocycles. The first kappa shape index (κ1) is 30.1. The van der Waals surface area contributed by atoms with E-state index in [0.717, 1.165) is 11.3 Å². The molecular weight excluding hydrogens is 603 g/mol. The quantitative estimate of drug-likeness (QED) is 0.254. The van der Waals surface area contributed by atoms with Crippen LogP contribution in [-0.4, -0.2) is 68.4 Å². The van der Waals surface area contributed by atoms with E-state index in [1.54, 1.807) is 17.2 Å². The second kappa shape index (κ2) is 11.2. The highest BCUT2D eigenvalue weighted by molar-refractivity contribution is 6.38. The molecule has 0 aliphatic carbocycles. The van der Waals surface area contributed by atoms with Crippen molar-refractivity contribution in [3.63, 3.8) is 0 Å². The van der Waals surface area contributed by atoms with E-state index in [4.69, 9.17) is 37.7 Å². The van der Waals surface area contributed by atoms with Crippen LogP contribution >= 0.6 is 23.2 Å². The lowest BCUT2D eigenvalue weighted by Crippen LogP contribution is -2.57. The molecule has 0 radical (unpaired) electrons. The number of piperazine rings is 1. The zero-order valence-electron chi connectivity index (χ0n) is 25.5. The predicted molar refractivity (Wildman–Crippen MR) is 172 cm³/mol. The van der Waals surface area contributed by atoms with Crippen molar-refractivity contribution in [3.05, 3.63) is 68.3 Å². The summed E-state index contributed by atoms with van der Waals surface area (Å²) in [4.78, 5) is 45.1. The molecule has 1 saturated heterocycles. The van der Waals surface area contributed by atoms with E-state index in [1.165, 1.54) is 4.57 Å². The van der Waals surface area contributed by atoms with Gasteiger partial charge in [-0.1, -0.05) is 55.2 Å². The van der Waals surface area contributed by atoms with Crippen molar-refractivity contribution in [1.29, 1.82) is 0 Å². The molecular formula is C32H34Cl2N6O4. The highest BCUT2D eigenvalue weighted by Gasteiger charge is 2.38. The fraction of sp³-hybridized carbons (Fsp3) is 0.406. The van der Waals surface area contributed by atoms with Crippen LogP contribution in [0.25, 0.3) is 28.0 Å². The summed E-state index contributed by atoms with van der Waals surface area (Å²) in [5.74, 6) is 0.780. The smallest absolute Gasteiger partial charge is 0.410 e. The Kier molecular flexibility index (Phi) is 7.70. The SMILES string of the molecule is Cc1ccnc(C(C)C)c1-n1c(=O)nc2c3c(c(Cl)c(-c4ccccc4Cl)nc31)OC[C@H]1CN(C(=O)OC(C)(C)C)CCN21. The molecule has 0 saturated carbocycles. The van der Waals surface area contributed by atoms with E-state index in [9.17, 15) is 9.59 Å². The number of nitrogens with zero attached hydrogens (tertiary/aromatic N) is 6. The Hall–Kier alpha value is -3.89. The maximum atomic E-state index is 14.2. The minimum atomic E-state index is -0.629. The van der Waals surface area contributed by atoms with Crippen molar-refractivity contribution in [3.8, 4) is 22.7 Å². The number of hydrogen-bond donors (Lipinski definition) is 0. The van der Waals surface area contributed by atoms with E-state index in [1.807, 2.05) is 70.7 Å². The average molecular weight is 638 g/mol. The minimum Gasteiger partial charge on any atom is -0.489 e. The molecule has 1 amide bonds. The van der Waals surface area contributed by atoms with Gasteiger partial charge in [-0.3, -0.25) is 4.98 Å². The molecule has 0 unspecified atom stereocenters. The van der Waals surface area contributed by atoms with E-state index in [-0.39, 0.29) is 23.6 Å². The third-order valence-electron chi connectivity index (χ3n) is 7.78. The fourth-order valence-corrected chi connectivity index (χ4v) is 6.31. The third-order valence-corrected chi connectivity index (χ3v) is 8.46. The maximum Gasteiger partial charge on any atom is 0.410 e. The number of carbonyl (C=O) groups excluding carboxylic acids is 1. The number of benzene rings is 1. The van der Waals surface area contributed by atoms with Gasteiger partial charge in [0.05, 0.1) is 28.1 Å². The summed E-state index contributed by atoms with van der Waals surface area (Å²) >= 11 is 13.7. The molecule has 2 aliphatic heterocycles. The highest BCUT2D eigenvalue weighted by atomic mass is 35.5. The molecule has 0 spiro atoms. The van der Waals surface area contributed by atoms with Gasteiger partial charge in [-0.05, 0) is 51.3 Å². The molecule has 1 fully saturated rings. The van der Waals surface area contributed by atoms with Crippen LogP contribution in [0.1, 0.15) is 51.8 Å². The van der Waals surface area contributed by atoms with Crippen LogP contribution in [0.15, 0.2) is 41.3 Å². The van der Waals surface area contributed by atoms with Crippen LogP contribution in [-0.2, 0) is 4.74 Å². The highest BCUT2D eigenvalue weighted by Crippen LogP contribution is 2.46. The van der Waals surface area contributed by atoms with Gasteiger partial charge in [-0.2, -0.15) is 4.98 Å². The molecule has 6 rings (SSSR count). The number of anilines is 1. The number of rotatable bonds is 3. The number of aryl methyl sites for hydroxylation is 1. The molecule has 12 heteroatoms. The van der Waals surface area contributed by atoms with Gasteiger partial charge in [-0.15, -0.1) is 0 Å². The summed E-state index contributed by atoms with van der Waals surface area (Å²) in [6.45, 7) is 12.8. The van der Waals surface area contributed by atoms with Crippen molar-refractivity contribution in [2.45, 2.75) is 59.1 Å². The average Bonchev–Trinajstić information content (AvgIpc) is 3.12. The lowest BCUT2D eigenvalue weighted by Gasteiger charge is -2.41. The van der Waals surface area contributed by atoms with Gasteiger partial charge in [0.2, 0.25) is 0 Å². The molecule has 10 nitrogen and oxygen atoms in total. The molecule has 4 aromatic rings. The topological polar surface area (TPSA) is 103 Å². The molecule has 0 N–H and O–H groups in total. The van der Waals surface area contributed by atoms with Gasteiger partial charge in [0.1, 0.15) is 28.4 Å². The Balaban J connectivity index is 1.61. The fourth-order valence-electron chi connectivity index (χ4n) is 5.79. The van der Waals surface area contributed by atoms with Crippen LogP contribution < -0.4 is 15.3 Å². The second-order valence-electron chi connectivity index (χ2n) is 12.4. The number of ether oxygens (including phenoxy) is 2. The number of aromatic nitrogens is 4. The van der Waals surface area contributed by atoms with Crippen LogP contribution in [0.5, 0.6) is 5.75 Å². The summed E-state index contributed by atoms with van der Waals surface area (Å²) in [6, 6.07) is 8.80. The Morgan fingerprint density at radius 3 is 2.57 bits per heavy atom. The van der Waals surface area contributed by atoms with Gasteiger partial charge in [0.15, 0.2) is 11.4 Å². The predicted octanol–water partition coefficient (Wildman–Crippen LogP) is 6.40. The van der Waals surface area contributed by atoms with Crippen molar-refractivity contribution in [2.24, 2.45) is 0 Å². The van der Waals surface area contributed by atoms with Gasteiger partial charge in [0, 0.05) is 31.4 Å². The van der Waals surface area contributed by atoms with Gasteiger partial charge in [0.25, 0.3) is 0 Å². The van der Waals surface area contributed by atoms with Crippen LogP contribution in [0, 0.1) is 6.92 Å². The number of halogens is 2. The molecule has 230 valence electrons. The number of hydrogen-bond acceptors (Lipinski definition) is 8. The standard InChI is InChI=1S/C32H34Cl2N6O4/c1-17(2)24-26(18(3)11-12-35-24)40-29-22-27(23(34)25(36-29)20-9-7-8-10-21(20)33)43-16-19-15-38(31(42)44-32(4,5)6)13-14-39(19)28(22)37-30(40)41/h7-12,17,19H,13-16H2,1-6H3/t19-/m1/s1. The van der Waals surface area contributed by atoms with E-state index >= 15 is 0 Å². The van der Waals surface area contributed by atoms with E-state index in [0.29, 0.717) is 64.2 Å². The van der Waals surface area contributed by atoms with Gasteiger partial charge < -0.3 is 19.3 Å². The summed E-state index contributed by atoms with van der Waals surface area (Å²) in [6.07, 6.45) is 1.33. The van der Waals surface area contributed by atoms with E-state index < -0.39 is 17.4 Å². The van der Waals surface area contributed by atoms with Gasteiger partial charge in [-0.25, -0.2) is 19.1 Å². The number of amides is 1. The Labute approximate surface area is 265 Å². The van der Waals surface area contributed by atoms with Crippen molar-refractivity contribution in [1.82, 2.24) is 24.4 Å². The lowest BCUT2D eigenvalue weighted by molar-refractivity contribution is 0.0202. The Morgan fingerprint density at radius 1 is 1.11 bits per heavy atom. The number of fused-ring (bicyclic) bond motifs is 2. The minimum absolute atomic E-state index is 0.0126. The maximum absolute atomic E-state index is 14.2. The van der Waals surface area contributed by atoms with Crippen LogP contribution in [0.2, 0.25) is 10.0 Å². The normalized spacial score (nSPS) is 16.5. The zero-order chi connectivity index (χ0) is 31.5. The Morgan fingerprint density at radius 2 is 1.86 bits per heavy atom. The zero-order valence-corrected chi connectivity index (χ0v) is 27.0. The van der Waals surface area contributed by atoms with Crippen molar-refractivity contribution in [2.75, 3.05) is 31.1 Å². The van der Waals surface area contributed by atoms with Crippen molar-refractivity contribution < 1.29 is 14.3 Å². The molecule has 44 heavy (non-hydrogen) atoms. The molecule has 1 atom stereocenters. The largest absolute Gasteiger partial charge is 0.489 e. The summed E-state index contributed by atoms with van der Waals surface area (Å²) < 4.78 is 13.6. The third kappa shape index (κ3) is 5.24. The molecule has 3 aromatic heterocycles. The molecule has 2 aliphatic rings. The molecule has 5 heterocycles. The van der Waals surface area contributed by atoms with E-state index in [2.05, 4.69) is 9.97 Å². The number of pyridine rings is 2. The van der Waals surface area contributed by atoms with Crippen molar-refractivity contribution >= 4 is 46.1 Å². The lowest BCUT2D eigenvalue weighted by atomic mass is 10.0. The monoisotopic (exact) mass is 636 g/mol. The second-order valence-corrected chi connectivity index (χ2v) is 13.2. The summed E-state index contributed by atoms with van der Waals surface area (Å²) in [5, 5.41) is 1.22. The van der Waals surface area contributed by atoms with Crippen LogP contribution in [0.3, 0.4) is 0 Å². The number of carbonyl (C=O) groups is 1. The van der Waals surface area contributed by atoms with Gasteiger partial charge >= 0.3 is 11.8 Å².